The molecule has 1 rings (SSSR count). The van der Waals surface area contributed by atoms with Crippen LogP contribution in [0, 0.1) is 4.78 Å². The predicted octanol–water partition coefficient (Wildman–Crippen LogP) is 1.23. The largest absolute Gasteiger partial charge is 0.240 e. The third kappa shape index (κ3) is 2.31. The summed E-state index contributed by atoms with van der Waals surface area (Å²) >= 11 is 0. The first kappa shape index (κ1) is 8.74. The van der Waals surface area contributed by atoms with E-state index in [0.29, 0.717) is 6.54 Å². The summed E-state index contributed by atoms with van der Waals surface area (Å²) in [6, 6.07) is 0. The van der Waals surface area contributed by atoms with Gasteiger partial charge < -0.3 is 0 Å². The molecule has 0 spiro atoms. The van der Waals surface area contributed by atoms with Gasteiger partial charge in [-0.15, -0.1) is 0 Å². The van der Waals surface area contributed by atoms with Crippen LogP contribution in [-0.2, 0) is 9.92 Å². The zero-order valence-electron chi connectivity index (χ0n) is 6.96. The van der Waals surface area contributed by atoms with Crippen LogP contribution in [-0.4, -0.2) is 27.9 Å². The molecule has 1 unspecified atom stereocenters. The van der Waals surface area contributed by atoms with Gasteiger partial charge in [-0.1, -0.05) is 11.6 Å². The van der Waals surface area contributed by atoms with Crippen molar-refractivity contribution < 1.29 is 4.21 Å². The van der Waals surface area contributed by atoms with E-state index in [2.05, 4.69) is 6.08 Å². The standard InChI is InChI=1S/C7H14N2OS/c1-7-4-3-5-9(6-7)11(2,8)10/h4,8H,3,5-6H2,1-2H3. The number of hydrogen-bond acceptors (Lipinski definition) is 2. The molecule has 1 aliphatic heterocycles. The third-order valence-corrected chi connectivity index (χ3v) is 3.09. The van der Waals surface area contributed by atoms with Gasteiger partial charge in [0.15, 0.2) is 0 Å². The summed E-state index contributed by atoms with van der Waals surface area (Å²) < 4.78 is 20.3. The molecule has 64 valence electrons. The molecule has 4 heteroatoms. The van der Waals surface area contributed by atoms with Crippen LogP contribution in [0.1, 0.15) is 13.3 Å². The summed E-state index contributed by atoms with van der Waals surface area (Å²) in [4.78, 5) is 0. The fraction of sp³-hybridized carbons (Fsp3) is 0.714. The average molecular weight is 174 g/mol. The Hall–Kier alpha value is -0.350. The SMILES string of the molecule is CC1=CCCN(S(C)(=N)=O)C1. The van der Waals surface area contributed by atoms with Gasteiger partial charge in [0, 0.05) is 19.3 Å². The second-order valence-electron chi connectivity index (χ2n) is 3.01. The van der Waals surface area contributed by atoms with Crippen molar-refractivity contribution in [2.45, 2.75) is 13.3 Å². The summed E-state index contributed by atoms with van der Waals surface area (Å²) in [5, 5.41) is 0. The monoisotopic (exact) mass is 174 g/mol. The summed E-state index contributed by atoms with van der Waals surface area (Å²) in [6.45, 7) is 3.46. The second kappa shape index (κ2) is 2.95. The van der Waals surface area contributed by atoms with E-state index >= 15 is 0 Å². The lowest BCUT2D eigenvalue weighted by Gasteiger charge is -2.25. The fourth-order valence-corrected chi connectivity index (χ4v) is 2.08. The van der Waals surface area contributed by atoms with Gasteiger partial charge in [-0.2, -0.15) is 0 Å². The second-order valence-corrected chi connectivity index (χ2v) is 5.13. The van der Waals surface area contributed by atoms with Crippen LogP contribution >= 0.6 is 0 Å². The topological polar surface area (TPSA) is 44.2 Å². The molecule has 0 amide bonds. The van der Waals surface area contributed by atoms with Gasteiger partial charge in [-0.05, 0) is 13.3 Å². The molecule has 3 nitrogen and oxygen atoms in total. The highest BCUT2D eigenvalue weighted by atomic mass is 32.2. The molecule has 0 aromatic heterocycles. The molecular formula is C7H14N2OS. The highest BCUT2D eigenvalue weighted by Crippen LogP contribution is 2.11. The highest BCUT2D eigenvalue weighted by molar-refractivity contribution is 7.89. The number of nitrogens with zero attached hydrogens (tertiary/aromatic N) is 1. The molecule has 1 N–H and O–H groups in total. The number of nitrogens with one attached hydrogen (secondary N) is 1. The van der Waals surface area contributed by atoms with Crippen LogP contribution in [0.4, 0.5) is 0 Å². The first-order valence-electron chi connectivity index (χ1n) is 3.64. The molecule has 0 aliphatic carbocycles. The predicted molar refractivity (Wildman–Crippen MR) is 46.7 cm³/mol. The maximum absolute atomic E-state index is 11.3. The normalized spacial score (nSPS) is 25.8. The van der Waals surface area contributed by atoms with Crippen LogP contribution in [0.25, 0.3) is 0 Å². The Balaban J connectivity index is 2.73. The van der Waals surface area contributed by atoms with E-state index in [1.807, 2.05) is 6.92 Å². The minimum atomic E-state index is -2.47. The zero-order chi connectivity index (χ0) is 8.48. The summed E-state index contributed by atoms with van der Waals surface area (Å²) in [6.07, 6.45) is 4.54. The van der Waals surface area contributed by atoms with Crippen molar-refractivity contribution in [1.82, 2.24) is 4.31 Å². The van der Waals surface area contributed by atoms with Gasteiger partial charge in [-0.25, -0.2) is 13.3 Å². The van der Waals surface area contributed by atoms with E-state index in [1.54, 1.807) is 4.31 Å². The molecule has 11 heavy (non-hydrogen) atoms. The van der Waals surface area contributed by atoms with Gasteiger partial charge >= 0.3 is 0 Å². The molecule has 0 radical (unpaired) electrons. The summed E-state index contributed by atoms with van der Waals surface area (Å²) in [5.74, 6) is 0. The minimum Gasteiger partial charge on any atom is -0.240 e. The number of rotatable bonds is 1. The summed E-state index contributed by atoms with van der Waals surface area (Å²) in [5.41, 5.74) is 1.22. The Bertz CT molecular complexity index is 266. The van der Waals surface area contributed by atoms with Gasteiger partial charge in [-0.3, -0.25) is 0 Å². The molecule has 0 aromatic rings. The smallest absolute Gasteiger partial charge is 0.105 e. The van der Waals surface area contributed by atoms with Crippen LogP contribution in [0.5, 0.6) is 0 Å². The Morgan fingerprint density at radius 3 is 2.73 bits per heavy atom. The molecular weight excluding hydrogens is 160 g/mol. The lowest BCUT2D eigenvalue weighted by molar-refractivity contribution is 0.460. The van der Waals surface area contributed by atoms with Gasteiger partial charge in [0.25, 0.3) is 0 Å². The maximum Gasteiger partial charge on any atom is 0.105 e. The molecule has 0 saturated heterocycles. The van der Waals surface area contributed by atoms with E-state index < -0.39 is 9.92 Å². The molecule has 1 aliphatic rings. The van der Waals surface area contributed by atoms with E-state index in [4.69, 9.17) is 4.78 Å². The van der Waals surface area contributed by atoms with E-state index in [-0.39, 0.29) is 0 Å². The highest BCUT2D eigenvalue weighted by Gasteiger charge is 2.15. The van der Waals surface area contributed by atoms with Gasteiger partial charge in [0.2, 0.25) is 0 Å². The average Bonchev–Trinajstić information content (AvgIpc) is 1.86. The molecule has 1 atom stereocenters. The van der Waals surface area contributed by atoms with Gasteiger partial charge in [0.05, 0.1) is 0 Å². The van der Waals surface area contributed by atoms with Crippen molar-refractivity contribution in [3.05, 3.63) is 11.6 Å². The van der Waals surface area contributed by atoms with Crippen molar-refractivity contribution in [2.75, 3.05) is 19.3 Å². The molecule has 1 heterocycles. The first-order valence-corrected chi connectivity index (χ1v) is 5.57. The minimum absolute atomic E-state index is 0.693. The van der Waals surface area contributed by atoms with E-state index in [9.17, 15) is 4.21 Å². The van der Waals surface area contributed by atoms with Crippen LogP contribution in [0.3, 0.4) is 0 Å². The Labute approximate surface area is 68.2 Å². The van der Waals surface area contributed by atoms with Crippen LogP contribution in [0.15, 0.2) is 11.6 Å². The Morgan fingerprint density at radius 1 is 1.73 bits per heavy atom. The number of hydrogen-bond donors (Lipinski definition) is 1. The lowest BCUT2D eigenvalue weighted by Crippen LogP contribution is -2.33. The zero-order valence-corrected chi connectivity index (χ0v) is 7.78. The first-order chi connectivity index (χ1) is 5.00. The molecule has 0 fully saturated rings. The van der Waals surface area contributed by atoms with Crippen molar-refractivity contribution in [1.29, 1.82) is 4.78 Å². The summed E-state index contributed by atoms with van der Waals surface area (Å²) in [7, 11) is -2.47. The van der Waals surface area contributed by atoms with E-state index in [1.165, 1.54) is 11.8 Å². The lowest BCUT2D eigenvalue weighted by atomic mass is 10.2. The van der Waals surface area contributed by atoms with Crippen LogP contribution in [0.2, 0.25) is 0 Å². The van der Waals surface area contributed by atoms with Crippen molar-refractivity contribution in [3.63, 3.8) is 0 Å². The Kier molecular flexibility index (Phi) is 2.34. The van der Waals surface area contributed by atoms with Crippen LogP contribution < -0.4 is 0 Å². The van der Waals surface area contributed by atoms with Crippen molar-refractivity contribution in [2.24, 2.45) is 0 Å². The molecule has 0 aromatic carbocycles. The van der Waals surface area contributed by atoms with Crippen molar-refractivity contribution >= 4 is 9.92 Å². The van der Waals surface area contributed by atoms with Crippen molar-refractivity contribution in [3.8, 4) is 0 Å². The third-order valence-electron chi connectivity index (χ3n) is 1.79. The Morgan fingerprint density at radius 2 is 2.36 bits per heavy atom. The maximum atomic E-state index is 11.3. The van der Waals surface area contributed by atoms with E-state index in [0.717, 1.165) is 13.0 Å². The molecule has 0 saturated carbocycles. The van der Waals surface area contributed by atoms with Gasteiger partial charge in [0.1, 0.15) is 9.92 Å². The molecule has 0 bridgehead atoms. The quantitative estimate of drug-likeness (QED) is 0.597. The fourth-order valence-electron chi connectivity index (χ4n) is 1.17.